The van der Waals surface area contributed by atoms with Crippen molar-refractivity contribution in [2.75, 3.05) is 0 Å². The fourth-order valence-corrected chi connectivity index (χ4v) is 1.44. The molecule has 4 nitrogen and oxygen atoms in total. The number of aryl methyl sites for hydroxylation is 1. The lowest BCUT2D eigenvalue weighted by molar-refractivity contribution is -0.146. The molecule has 0 spiro atoms. The van der Waals surface area contributed by atoms with Crippen LogP contribution in [0.4, 0.5) is 0 Å². The van der Waals surface area contributed by atoms with Crippen molar-refractivity contribution in [2.24, 2.45) is 5.92 Å². The minimum atomic E-state index is -1.04. The Labute approximate surface area is 87.9 Å². The Morgan fingerprint density at radius 1 is 1.53 bits per heavy atom. The van der Waals surface area contributed by atoms with Crippen LogP contribution in [0.5, 0.6) is 0 Å². The van der Waals surface area contributed by atoms with Gasteiger partial charge in [-0.25, -0.2) is 0 Å². The van der Waals surface area contributed by atoms with Crippen molar-refractivity contribution < 1.29 is 19.1 Å². The van der Waals surface area contributed by atoms with Crippen LogP contribution in [0.2, 0.25) is 0 Å². The van der Waals surface area contributed by atoms with Crippen LogP contribution in [-0.4, -0.2) is 16.9 Å². The van der Waals surface area contributed by atoms with E-state index >= 15 is 0 Å². The number of carboxylic acids is 1. The first-order chi connectivity index (χ1) is 7.11. The second-order valence-corrected chi connectivity index (χ2v) is 3.47. The van der Waals surface area contributed by atoms with Gasteiger partial charge in [0.1, 0.15) is 17.5 Å². The van der Waals surface area contributed by atoms with Gasteiger partial charge in [-0.2, -0.15) is 0 Å². The van der Waals surface area contributed by atoms with Gasteiger partial charge >= 0.3 is 5.97 Å². The Hall–Kier alpha value is -1.58. The summed E-state index contributed by atoms with van der Waals surface area (Å²) in [6, 6.07) is 3.62. The van der Waals surface area contributed by atoms with Gasteiger partial charge in [0.2, 0.25) is 0 Å². The molecule has 1 N–H and O–H groups in total. The first-order valence-corrected chi connectivity index (χ1v) is 4.87. The van der Waals surface area contributed by atoms with Gasteiger partial charge < -0.3 is 9.52 Å². The molecule has 1 aromatic rings. The predicted molar refractivity (Wildman–Crippen MR) is 53.5 cm³/mol. The normalized spacial score (nSPS) is 12.3. The first kappa shape index (κ1) is 11.5. The minimum Gasteiger partial charge on any atom is -0.481 e. The predicted octanol–water partition coefficient (Wildman–Crippen LogP) is 1.89. The molecule has 82 valence electrons. The standard InChI is InChI=1S/C11H14O4/c1-8(12)10(11(13)14)6-2-4-9-5-3-7-15-9/h3,5,7,10H,2,4,6H2,1H3,(H,13,14). The summed E-state index contributed by atoms with van der Waals surface area (Å²) in [6.07, 6.45) is 3.26. The summed E-state index contributed by atoms with van der Waals surface area (Å²) in [7, 11) is 0. The van der Waals surface area contributed by atoms with Gasteiger partial charge in [-0.1, -0.05) is 0 Å². The highest BCUT2D eigenvalue weighted by Gasteiger charge is 2.21. The maximum Gasteiger partial charge on any atom is 0.314 e. The van der Waals surface area contributed by atoms with Crippen LogP contribution >= 0.6 is 0 Å². The van der Waals surface area contributed by atoms with Crippen molar-refractivity contribution in [2.45, 2.75) is 26.2 Å². The molecule has 15 heavy (non-hydrogen) atoms. The van der Waals surface area contributed by atoms with E-state index in [1.165, 1.54) is 6.92 Å². The summed E-state index contributed by atoms with van der Waals surface area (Å²) in [5.74, 6) is -1.38. The van der Waals surface area contributed by atoms with Gasteiger partial charge in [0.25, 0.3) is 0 Å². The molecule has 0 saturated heterocycles. The minimum absolute atomic E-state index is 0.290. The van der Waals surface area contributed by atoms with E-state index in [1.807, 2.05) is 6.07 Å². The second-order valence-electron chi connectivity index (χ2n) is 3.47. The van der Waals surface area contributed by atoms with E-state index in [4.69, 9.17) is 9.52 Å². The van der Waals surface area contributed by atoms with Gasteiger partial charge in [0.15, 0.2) is 0 Å². The van der Waals surface area contributed by atoms with E-state index in [9.17, 15) is 9.59 Å². The molecule has 0 aliphatic carbocycles. The van der Waals surface area contributed by atoms with Crippen LogP contribution < -0.4 is 0 Å². The molecule has 0 saturated carbocycles. The second kappa shape index (κ2) is 5.34. The lowest BCUT2D eigenvalue weighted by Crippen LogP contribution is -2.21. The molecule has 1 atom stereocenters. The summed E-state index contributed by atoms with van der Waals surface area (Å²) >= 11 is 0. The molecule has 1 rings (SSSR count). The number of Topliss-reactive ketones (excluding diaryl/α,β-unsaturated/α-hetero) is 1. The zero-order valence-electron chi connectivity index (χ0n) is 8.60. The Balaban J connectivity index is 2.35. The number of hydrogen-bond donors (Lipinski definition) is 1. The fraction of sp³-hybridized carbons (Fsp3) is 0.455. The Morgan fingerprint density at radius 3 is 2.73 bits per heavy atom. The largest absolute Gasteiger partial charge is 0.481 e. The lowest BCUT2D eigenvalue weighted by Gasteiger charge is -2.06. The molecular formula is C11H14O4. The molecule has 0 radical (unpaired) electrons. The summed E-state index contributed by atoms with van der Waals surface area (Å²) < 4.78 is 5.10. The number of aliphatic carboxylic acids is 1. The average Bonchev–Trinajstić information content (AvgIpc) is 2.63. The quantitative estimate of drug-likeness (QED) is 0.728. The Kier molecular flexibility index (Phi) is 4.09. The third-order valence-corrected chi connectivity index (χ3v) is 2.28. The SMILES string of the molecule is CC(=O)C(CCCc1ccco1)C(=O)O. The van der Waals surface area contributed by atoms with Gasteiger partial charge in [-0.3, -0.25) is 9.59 Å². The van der Waals surface area contributed by atoms with E-state index in [1.54, 1.807) is 12.3 Å². The molecule has 0 bridgehead atoms. The van der Waals surface area contributed by atoms with Crippen LogP contribution in [0.25, 0.3) is 0 Å². The van der Waals surface area contributed by atoms with Gasteiger partial charge in [-0.05, 0) is 31.9 Å². The van der Waals surface area contributed by atoms with Crippen molar-refractivity contribution >= 4 is 11.8 Å². The first-order valence-electron chi connectivity index (χ1n) is 4.87. The molecule has 0 aliphatic rings. The zero-order chi connectivity index (χ0) is 11.3. The number of ketones is 1. The number of furan rings is 1. The average molecular weight is 210 g/mol. The number of carbonyl (C=O) groups is 2. The smallest absolute Gasteiger partial charge is 0.314 e. The van der Waals surface area contributed by atoms with E-state index in [0.29, 0.717) is 19.3 Å². The molecule has 0 aliphatic heterocycles. The summed E-state index contributed by atoms with van der Waals surface area (Å²) in [5.41, 5.74) is 0. The fourth-order valence-electron chi connectivity index (χ4n) is 1.44. The van der Waals surface area contributed by atoms with E-state index in [-0.39, 0.29) is 5.78 Å². The molecule has 1 heterocycles. The van der Waals surface area contributed by atoms with Crippen molar-refractivity contribution in [1.82, 2.24) is 0 Å². The van der Waals surface area contributed by atoms with Gasteiger partial charge in [0.05, 0.1) is 6.26 Å². The van der Waals surface area contributed by atoms with Crippen molar-refractivity contribution in [3.63, 3.8) is 0 Å². The number of hydrogen-bond acceptors (Lipinski definition) is 3. The van der Waals surface area contributed by atoms with Crippen LogP contribution in [0.1, 0.15) is 25.5 Å². The Bertz CT molecular complexity index is 312. The van der Waals surface area contributed by atoms with Crippen LogP contribution in [0, 0.1) is 5.92 Å². The molecule has 4 heteroatoms. The third-order valence-electron chi connectivity index (χ3n) is 2.28. The maximum absolute atomic E-state index is 11.0. The maximum atomic E-state index is 11.0. The summed E-state index contributed by atoms with van der Waals surface area (Å²) in [4.78, 5) is 21.7. The number of carbonyl (C=O) groups excluding carboxylic acids is 1. The third kappa shape index (κ3) is 3.58. The van der Waals surface area contributed by atoms with Gasteiger partial charge in [0, 0.05) is 6.42 Å². The topological polar surface area (TPSA) is 67.5 Å². The highest BCUT2D eigenvalue weighted by Crippen LogP contribution is 2.12. The van der Waals surface area contributed by atoms with E-state index in [0.717, 1.165) is 5.76 Å². The molecule has 1 unspecified atom stereocenters. The summed E-state index contributed by atoms with van der Waals surface area (Å²) in [5, 5.41) is 8.76. The number of rotatable bonds is 6. The van der Waals surface area contributed by atoms with Crippen molar-refractivity contribution in [3.8, 4) is 0 Å². The summed E-state index contributed by atoms with van der Waals surface area (Å²) in [6.45, 7) is 1.31. The molecule has 0 aromatic carbocycles. The highest BCUT2D eigenvalue weighted by molar-refractivity contribution is 5.96. The molecule has 0 fully saturated rings. The number of carboxylic acid groups (broad SMARTS) is 1. The monoisotopic (exact) mass is 210 g/mol. The van der Waals surface area contributed by atoms with Crippen LogP contribution in [0.15, 0.2) is 22.8 Å². The van der Waals surface area contributed by atoms with Crippen LogP contribution in [0.3, 0.4) is 0 Å². The molecular weight excluding hydrogens is 196 g/mol. The van der Waals surface area contributed by atoms with Crippen molar-refractivity contribution in [3.05, 3.63) is 24.2 Å². The Morgan fingerprint density at radius 2 is 2.27 bits per heavy atom. The molecule has 0 amide bonds. The van der Waals surface area contributed by atoms with E-state index in [2.05, 4.69) is 0 Å². The molecule has 1 aromatic heterocycles. The highest BCUT2D eigenvalue weighted by atomic mass is 16.4. The van der Waals surface area contributed by atoms with Crippen LogP contribution in [-0.2, 0) is 16.0 Å². The zero-order valence-corrected chi connectivity index (χ0v) is 8.60. The van der Waals surface area contributed by atoms with E-state index < -0.39 is 11.9 Å². The van der Waals surface area contributed by atoms with Gasteiger partial charge in [-0.15, -0.1) is 0 Å². The van der Waals surface area contributed by atoms with Crippen molar-refractivity contribution in [1.29, 1.82) is 0 Å². The lowest BCUT2D eigenvalue weighted by atomic mass is 9.98.